The van der Waals surface area contributed by atoms with Gasteiger partial charge in [0.05, 0.1) is 34.9 Å². The molecule has 2 amide bonds. The maximum atomic E-state index is 14.1. The summed E-state index contributed by atoms with van der Waals surface area (Å²) in [5.74, 6) is -1.17. The first-order chi connectivity index (χ1) is 18.8. The molecule has 1 aliphatic carbocycles. The molecule has 200 valence electrons. The van der Waals surface area contributed by atoms with Crippen LogP contribution >= 0.6 is 0 Å². The zero-order valence-corrected chi connectivity index (χ0v) is 21.2. The van der Waals surface area contributed by atoms with Crippen molar-refractivity contribution in [1.82, 2.24) is 15.1 Å². The predicted molar refractivity (Wildman–Crippen MR) is 141 cm³/mol. The van der Waals surface area contributed by atoms with Gasteiger partial charge >= 0.3 is 0 Å². The van der Waals surface area contributed by atoms with Crippen molar-refractivity contribution in [2.45, 2.75) is 44.7 Å². The van der Waals surface area contributed by atoms with Gasteiger partial charge in [-0.15, -0.1) is 0 Å². The maximum Gasteiger partial charge on any atom is 0.239 e. The van der Waals surface area contributed by atoms with Crippen LogP contribution in [0.5, 0.6) is 0 Å². The summed E-state index contributed by atoms with van der Waals surface area (Å²) in [6, 6.07) is 19.0. The molecule has 1 aliphatic heterocycles. The van der Waals surface area contributed by atoms with Gasteiger partial charge in [0.15, 0.2) is 0 Å². The summed E-state index contributed by atoms with van der Waals surface area (Å²) in [6.45, 7) is 1.53. The van der Waals surface area contributed by atoms with E-state index in [0.29, 0.717) is 11.4 Å². The summed E-state index contributed by atoms with van der Waals surface area (Å²) in [4.78, 5) is 28.6. The van der Waals surface area contributed by atoms with Crippen LogP contribution in [-0.4, -0.2) is 34.1 Å². The standard InChI is InChI=1S/C30H27F3N4O2/c1-30(16-25(32)33)27(35-28(38)19-7-8-19)26(18-5-3-2-4-6-18)36(29(30)39)23-13-14-24-20(15-23)17-34-37(24)22-11-9-21(31)10-12-22/h2-6,9-15,17,19,25-27H,7-8,16H2,1H3,(H,35,38)/t26?,27-,30+/m1/s1. The lowest BCUT2D eigenvalue weighted by molar-refractivity contribution is -0.129. The van der Waals surface area contributed by atoms with Crippen molar-refractivity contribution in [2.75, 3.05) is 4.90 Å². The van der Waals surface area contributed by atoms with Crippen LogP contribution in [0, 0.1) is 17.2 Å². The Kier molecular flexibility index (Phi) is 6.16. The molecule has 39 heavy (non-hydrogen) atoms. The van der Waals surface area contributed by atoms with Gasteiger partial charge in [-0.1, -0.05) is 30.3 Å². The molecule has 9 heteroatoms. The van der Waals surface area contributed by atoms with Crippen LogP contribution in [0.2, 0.25) is 0 Å². The zero-order chi connectivity index (χ0) is 27.3. The summed E-state index contributed by atoms with van der Waals surface area (Å²) in [7, 11) is 0. The summed E-state index contributed by atoms with van der Waals surface area (Å²) in [6.07, 6.45) is -0.247. The highest BCUT2D eigenvalue weighted by molar-refractivity contribution is 6.04. The number of fused-ring (bicyclic) bond motifs is 1. The smallest absolute Gasteiger partial charge is 0.239 e. The van der Waals surface area contributed by atoms with E-state index in [2.05, 4.69) is 10.4 Å². The Hall–Kier alpha value is -4.14. The largest absolute Gasteiger partial charge is 0.350 e. The third kappa shape index (κ3) is 4.45. The zero-order valence-electron chi connectivity index (χ0n) is 21.2. The first-order valence-electron chi connectivity index (χ1n) is 13.0. The molecule has 1 unspecified atom stereocenters. The summed E-state index contributed by atoms with van der Waals surface area (Å²) in [5, 5.41) is 8.16. The quantitative estimate of drug-likeness (QED) is 0.327. The topological polar surface area (TPSA) is 67.2 Å². The number of amides is 2. The first-order valence-corrected chi connectivity index (χ1v) is 13.0. The number of halogens is 3. The van der Waals surface area contributed by atoms with Crippen molar-refractivity contribution in [2.24, 2.45) is 11.3 Å². The van der Waals surface area contributed by atoms with Crippen molar-refractivity contribution in [3.05, 3.63) is 90.4 Å². The Balaban J connectivity index is 1.46. The van der Waals surface area contributed by atoms with Crippen LogP contribution in [0.25, 0.3) is 16.6 Å². The molecular formula is C30H27F3N4O2. The maximum absolute atomic E-state index is 14.1. The lowest BCUT2D eigenvalue weighted by Crippen LogP contribution is -2.49. The summed E-state index contributed by atoms with van der Waals surface area (Å²) >= 11 is 0. The second-order valence-electron chi connectivity index (χ2n) is 10.6. The normalized spacial score (nSPS) is 23.1. The highest BCUT2D eigenvalue weighted by atomic mass is 19.3. The Morgan fingerprint density at radius 3 is 2.41 bits per heavy atom. The highest BCUT2D eigenvalue weighted by Gasteiger charge is 2.59. The van der Waals surface area contributed by atoms with Crippen molar-refractivity contribution in [3.63, 3.8) is 0 Å². The average Bonchev–Trinajstić information content (AvgIpc) is 3.66. The highest BCUT2D eigenvalue weighted by Crippen LogP contribution is 2.50. The SMILES string of the molecule is C[C@@]1(CC(F)F)C(=O)N(c2ccc3c(cnn3-c3ccc(F)cc3)c2)C(c2ccccc2)[C@H]1NC(=O)C1CC1. The molecule has 0 spiro atoms. The van der Waals surface area contributed by atoms with Crippen LogP contribution in [0.4, 0.5) is 18.9 Å². The lowest BCUT2D eigenvalue weighted by atomic mass is 9.77. The first kappa shape index (κ1) is 25.2. The van der Waals surface area contributed by atoms with Crippen molar-refractivity contribution in [3.8, 4) is 5.69 Å². The van der Waals surface area contributed by atoms with E-state index < -0.39 is 36.3 Å². The number of hydrogen-bond donors (Lipinski definition) is 1. The number of nitrogens with one attached hydrogen (secondary N) is 1. The molecular weight excluding hydrogens is 505 g/mol. The molecule has 2 aliphatic rings. The van der Waals surface area contributed by atoms with Gasteiger partial charge in [-0.2, -0.15) is 5.10 Å². The van der Waals surface area contributed by atoms with E-state index in [4.69, 9.17) is 0 Å². The number of hydrogen-bond acceptors (Lipinski definition) is 3. The molecule has 6 nitrogen and oxygen atoms in total. The number of nitrogens with zero attached hydrogens (tertiary/aromatic N) is 3. The molecule has 6 rings (SSSR count). The molecule has 1 saturated heterocycles. The van der Waals surface area contributed by atoms with Crippen LogP contribution < -0.4 is 10.2 Å². The molecule has 2 heterocycles. The fourth-order valence-corrected chi connectivity index (χ4v) is 5.65. The minimum absolute atomic E-state index is 0.143. The van der Waals surface area contributed by atoms with Crippen LogP contribution in [0.1, 0.15) is 37.8 Å². The van der Waals surface area contributed by atoms with Gasteiger partial charge in [-0.25, -0.2) is 17.9 Å². The Bertz CT molecular complexity index is 1540. The molecule has 0 bridgehead atoms. The predicted octanol–water partition coefficient (Wildman–Crippen LogP) is 5.81. The molecule has 1 N–H and O–H groups in total. The van der Waals surface area contributed by atoms with Gasteiger partial charge in [0.25, 0.3) is 0 Å². The molecule has 2 fully saturated rings. The number of alkyl halides is 2. The van der Waals surface area contributed by atoms with Crippen LogP contribution in [-0.2, 0) is 9.59 Å². The van der Waals surface area contributed by atoms with E-state index in [1.165, 1.54) is 19.1 Å². The Morgan fingerprint density at radius 2 is 1.74 bits per heavy atom. The number of anilines is 1. The third-order valence-corrected chi connectivity index (χ3v) is 7.85. The van der Waals surface area contributed by atoms with Crippen molar-refractivity contribution >= 4 is 28.4 Å². The van der Waals surface area contributed by atoms with Crippen molar-refractivity contribution in [1.29, 1.82) is 0 Å². The fraction of sp³-hybridized carbons (Fsp3) is 0.300. The minimum Gasteiger partial charge on any atom is -0.350 e. The number of rotatable bonds is 7. The number of carbonyl (C=O) groups is 2. The second-order valence-corrected chi connectivity index (χ2v) is 10.6. The Labute approximate surface area is 223 Å². The molecule has 3 atom stereocenters. The van der Waals surface area contributed by atoms with E-state index in [9.17, 15) is 22.8 Å². The monoisotopic (exact) mass is 532 g/mol. The molecule has 3 aromatic carbocycles. The van der Waals surface area contributed by atoms with Gasteiger partial charge in [-0.3, -0.25) is 9.59 Å². The number of aromatic nitrogens is 2. The van der Waals surface area contributed by atoms with Gasteiger partial charge in [0, 0.05) is 23.4 Å². The van der Waals surface area contributed by atoms with Crippen LogP contribution in [0.15, 0.2) is 79.0 Å². The fourth-order valence-electron chi connectivity index (χ4n) is 5.65. The van der Waals surface area contributed by atoms with E-state index in [-0.39, 0.29) is 17.6 Å². The lowest BCUT2D eigenvalue weighted by Gasteiger charge is -2.32. The number of carbonyl (C=O) groups excluding carboxylic acids is 2. The molecule has 0 radical (unpaired) electrons. The number of benzene rings is 3. The molecule has 1 saturated carbocycles. The summed E-state index contributed by atoms with van der Waals surface area (Å²) < 4.78 is 43.0. The third-order valence-electron chi connectivity index (χ3n) is 7.85. The van der Waals surface area contributed by atoms with Gasteiger partial charge in [0.2, 0.25) is 18.2 Å². The Morgan fingerprint density at radius 1 is 1.05 bits per heavy atom. The van der Waals surface area contributed by atoms with Gasteiger partial charge < -0.3 is 10.2 Å². The molecule has 4 aromatic rings. The van der Waals surface area contributed by atoms with E-state index in [1.54, 1.807) is 46.1 Å². The summed E-state index contributed by atoms with van der Waals surface area (Å²) in [5.41, 5.74) is 1.15. The van der Waals surface area contributed by atoms with E-state index >= 15 is 0 Å². The van der Waals surface area contributed by atoms with Crippen molar-refractivity contribution < 1.29 is 22.8 Å². The average molecular weight is 533 g/mol. The van der Waals surface area contributed by atoms with E-state index in [1.807, 2.05) is 30.3 Å². The van der Waals surface area contributed by atoms with Gasteiger partial charge in [0.1, 0.15) is 5.82 Å². The second kappa shape index (κ2) is 9.55. The van der Waals surface area contributed by atoms with Crippen LogP contribution in [0.3, 0.4) is 0 Å². The van der Waals surface area contributed by atoms with E-state index in [0.717, 1.165) is 29.3 Å². The molecule has 1 aromatic heterocycles. The minimum atomic E-state index is -2.73. The van der Waals surface area contributed by atoms with Gasteiger partial charge in [-0.05, 0) is 67.8 Å².